The smallest absolute Gasteiger partial charge is 0.0427 e. The molecule has 0 amide bonds. The van der Waals surface area contributed by atoms with Crippen LogP contribution in [0.4, 0.5) is 5.69 Å². The average Bonchev–Trinajstić information content (AvgIpc) is 2.19. The lowest BCUT2D eigenvalue weighted by molar-refractivity contribution is 1.15. The Bertz CT molecular complexity index is 435. The molecule has 2 nitrogen and oxygen atoms in total. The quantitative estimate of drug-likeness (QED) is 0.671. The SMILES string of the molecule is CCc1ccc2cnccc2c1N. The first-order valence-electron chi connectivity index (χ1n) is 4.44. The summed E-state index contributed by atoms with van der Waals surface area (Å²) in [6, 6.07) is 6.10. The number of aromatic nitrogens is 1. The first-order chi connectivity index (χ1) is 6.33. The minimum absolute atomic E-state index is 0.891. The molecule has 0 atom stereocenters. The molecule has 0 saturated heterocycles. The topological polar surface area (TPSA) is 38.9 Å². The van der Waals surface area contributed by atoms with Crippen LogP contribution in [-0.2, 0) is 6.42 Å². The van der Waals surface area contributed by atoms with Crippen LogP contribution in [0.15, 0.2) is 30.6 Å². The lowest BCUT2D eigenvalue weighted by Crippen LogP contribution is -1.94. The van der Waals surface area contributed by atoms with E-state index in [1.54, 1.807) is 6.20 Å². The largest absolute Gasteiger partial charge is 0.398 e. The van der Waals surface area contributed by atoms with E-state index in [0.717, 1.165) is 22.9 Å². The molecule has 0 aliphatic rings. The molecule has 13 heavy (non-hydrogen) atoms. The zero-order valence-electron chi connectivity index (χ0n) is 7.62. The third kappa shape index (κ3) is 1.24. The lowest BCUT2D eigenvalue weighted by atomic mass is 10.0. The van der Waals surface area contributed by atoms with Gasteiger partial charge in [-0.05, 0) is 18.1 Å². The van der Waals surface area contributed by atoms with Crippen molar-refractivity contribution >= 4 is 16.5 Å². The molecule has 2 N–H and O–H groups in total. The molecule has 0 unspecified atom stereocenters. The zero-order valence-corrected chi connectivity index (χ0v) is 7.62. The Morgan fingerprint density at radius 1 is 1.31 bits per heavy atom. The molecule has 0 fully saturated rings. The van der Waals surface area contributed by atoms with Crippen LogP contribution in [0.3, 0.4) is 0 Å². The predicted molar refractivity (Wildman–Crippen MR) is 55.5 cm³/mol. The van der Waals surface area contributed by atoms with E-state index in [4.69, 9.17) is 5.73 Å². The molecular formula is C11H12N2. The summed E-state index contributed by atoms with van der Waals surface area (Å²) in [5, 5.41) is 2.21. The first kappa shape index (κ1) is 8.05. The maximum Gasteiger partial charge on any atom is 0.0427 e. The minimum Gasteiger partial charge on any atom is -0.398 e. The Kier molecular flexibility index (Phi) is 1.89. The van der Waals surface area contributed by atoms with Gasteiger partial charge in [0.25, 0.3) is 0 Å². The third-order valence-corrected chi connectivity index (χ3v) is 2.33. The van der Waals surface area contributed by atoms with E-state index in [1.165, 1.54) is 5.56 Å². The van der Waals surface area contributed by atoms with Gasteiger partial charge in [0.1, 0.15) is 0 Å². The van der Waals surface area contributed by atoms with Gasteiger partial charge in [0.2, 0.25) is 0 Å². The summed E-state index contributed by atoms with van der Waals surface area (Å²) >= 11 is 0. The number of hydrogen-bond donors (Lipinski definition) is 1. The van der Waals surface area contributed by atoms with Gasteiger partial charge >= 0.3 is 0 Å². The van der Waals surface area contributed by atoms with Gasteiger partial charge in [0.15, 0.2) is 0 Å². The van der Waals surface area contributed by atoms with Gasteiger partial charge in [0.05, 0.1) is 0 Å². The highest BCUT2D eigenvalue weighted by atomic mass is 14.6. The van der Waals surface area contributed by atoms with Crippen LogP contribution >= 0.6 is 0 Å². The van der Waals surface area contributed by atoms with Crippen LogP contribution < -0.4 is 5.73 Å². The molecule has 1 aromatic carbocycles. The van der Waals surface area contributed by atoms with Crippen LogP contribution in [0, 0.1) is 0 Å². The summed E-state index contributed by atoms with van der Waals surface area (Å²) in [6.07, 6.45) is 4.59. The van der Waals surface area contributed by atoms with E-state index in [-0.39, 0.29) is 0 Å². The molecule has 2 aromatic rings. The van der Waals surface area contributed by atoms with Gasteiger partial charge in [-0.1, -0.05) is 19.1 Å². The Labute approximate surface area is 77.4 Å². The summed E-state index contributed by atoms with van der Waals surface area (Å²) in [7, 11) is 0. The Morgan fingerprint density at radius 2 is 2.15 bits per heavy atom. The van der Waals surface area contributed by atoms with E-state index in [2.05, 4.69) is 24.0 Å². The molecule has 0 saturated carbocycles. The number of benzene rings is 1. The fourth-order valence-corrected chi connectivity index (χ4v) is 1.55. The van der Waals surface area contributed by atoms with Crippen LogP contribution in [-0.4, -0.2) is 4.98 Å². The highest BCUT2D eigenvalue weighted by Crippen LogP contribution is 2.23. The van der Waals surface area contributed by atoms with Gasteiger partial charge in [-0.2, -0.15) is 0 Å². The Morgan fingerprint density at radius 3 is 2.92 bits per heavy atom. The molecule has 0 bridgehead atoms. The summed E-state index contributed by atoms with van der Waals surface area (Å²) in [6.45, 7) is 2.11. The number of anilines is 1. The monoisotopic (exact) mass is 172 g/mol. The highest BCUT2D eigenvalue weighted by Gasteiger charge is 2.01. The number of pyridine rings is 1. The number of rotatable bonds is 1. The summed E-state index contributed by atoms with van der Waals surface area (Å²) < 4.78 is 0. The fourth-order valence-electron chi connectivity index (χ4n) is 1.55. The van der Waals surface area contributed by atoms with Gasteiger partial charge in [-0.15, -0.1) is 0 Å². The lowest BCUT2D eigenvalue weighted by Gasteiger charge is -2.05. The van der Waals surface area contributed by atoms with E-state index < -0.39 is 0 Å². The number of nitrogen functional groups attached to an aromatic ring is 1. The Balaban J connectivity index is 2.79. The first-order valence-corrected chi connectivity index (χ1v) is 4.44. The molecule has 1 aromatic heterocycles. The van der Waals surface area contributed by atoms with Gasteiger partial charge in [0, 0.05) is 28.9 Å². The number of aryl methyl sites for hydroxylation is 1. The van der Waals surface area contributed by atoms with E-state index in [1.807, 2.05) is 12.3 Å². The maximum absolute atomic E-state index is 6.00. The Hall–Kier alpha value is -1.57. The van der Waals surface area contributed by atoms with E-state index >= 15 is 0 Å². The molecule has 0 spiro atoms. The molecule has 2 rings (SSSR count). The van der Waals surface area contributed by atoms with Crippen molar-refractivity contribution in [1.82, 2.24) is 4.98 Å². The van der Waals surface area contributed by atoms with E-state index in [9.17, 15) is 0 Å². The summed E-state index contributed by atoms with van der Waals surface area (Å²) in [4.78, 5) is 4.05. The standard InChI is InChI=1S/C11H12N2/c1-2-8-3-4-9-7-13-6-5-10(9)11(8)12/h3-7H,2,12H2,1H3. The number of nitrogens with zero attached hydrogens (tertiary/aromatic N) is 1. The van der Waals surface area contributed by atoms with Gasteiger partial charge in [-0.25, -0.2) is 0 Å². The average molecular weight is 172 g/mol. The van der Waals surface area contributed by atoms with Crippen molar-refractivity contribution in [2.24, 2.45) is 0 Å². The highest BCUT2D eigenvalue weighted by molar-refractivity contribution is 5.93. The normalized spacial score (nSPS) is 10.5. The van der Waals surface area contributed by atoms with Crippen molar-refractivity contribution in [3.63, 3.8) is 0 Å². The van der Waals surface area contributed by atoms with Crippen LogP contribution in [0.25, 0.3) is 10.8 Å². The molecule has 2 heteroatoms. The van der Waals surface area contributed by atoms with E-state index in [0.29, 0.717) is 0 Å². The van der Waals surface area contributed by atoms with Gasteiger partial charge in [-0.3, -0.25) is 4.98 Å². The van der Waals surface area contributed by atoms with Crippen molar-refractivity contribution in [2.45, 2.75) is 13.3 Å². The van der Waals surface area contributed by atoms with Crippen molar-refractivity contribution in [3.05, 3.63) is 36.2 Å². The number of fused-ring (bicyclic) bond motifs is 1. The van der Waals surface area contributed by atoms with Crippen LogP contribution in [0.5, 0.6) is 0 Å². The zero-order chi connectivity index (χ0) is 9.26. The second kappa shape index (κ2) is 3.05. The van der Waals surface area contributed by atoms with Crippen molar-refractivity contribution in [3.8, 4) is 0 Å². The second-order valence-electron chi connectivity index (χ2n) is 3.09. The predicted octanol–water partition coefficient (Wildman–Crippen LogP) is 2.38. The summed E-state index contributed by atoms with van der Waals surface area (Å²) in [5.74, 6) is 0. The molecule has 66 valence electrons. The van der Waals surface area contributed by atoms with Crippen molar-refractivity contribution in [2.75, 3.05) is 5.73 Å². The van der Waals surface area contributed by atoms with Crippen molar-refractivity contribution < 1.29 is 0 Å². The fraction of sp³-hybridized carbons (Fsp3) is 0.182. The third-order valence-electron chi connectivity index (χ3n) is 2.33. The summed E-state index contributed by atoms with van der Waals surface area (Å²) in [5.41, 5.74) is 8.10. The maximum atomic E-state index is 6.00. The molecular weight excluding hydrogens is 160 g/mol. The van der Waals surface area contributed by atoms with Crippen LogP contribution in [0.1, 0.15) is 12.5 Å². The van der Waals surface area contributed by atoms with Gasteiger partial charge < -0.3 is 5.73 Å². The molecule has 0 radical (unpaired) electrons. The second-order valence-corrected chi connectivity index (χ2v) is 3.09. The number of nitrogens with two attached hydrogens (primary N) is 1. The minimum atomic E-state index is 0.891. The van der Waals surface area contributed by atoms with Crippen LogP contribution in [0.2, 0.25) is 0 Å². The van der Waals surface area contributed by atoms with Crippen molar-refractivity contribution in [1.29, 1.82) is 0 Å². The molecule has 0 aliphatic heterocycles. The molecule has 1 heterocycles. The number of hydrogen-bond acceptors (Lipinski definition) is 2. The molecule has 0 aliphatic carbocycles.